The second-order valence-electron chi connectivity index (χ2n) is 7.19. The van der Waals surface area contributed by atoms with Crippen molar-refractivity contribution in [3.8, 4) is 0 Å². The Morgan fingerprint density at radius 1 is 1.33 bits per heavy atom. The molecule has 1 spiro atoms. The number of amides is 2. The predicted molar refractivity (Wildman–Crippen MR) is 96.5 cm³/mol. The third kappa shape index (κ3) is 3.01. The summed E-state index contributed by atoms with van der Waals surface area (Å²) in [5.74, 6) is -2.09. The van der Waals surface area contributed by atoms with Gasteiger partial charge in [0.25, 0.3) is 0 Å². The SMILES string of the molecule is CN(C)C(=O)Nc1nc2c(s1)C(=O)C(C(=O)c1ccc(F)nc1)C1(CC1)C2. The molecule has 2 aliphatic carbocycles. The molecular weight excluding hydrogens is 371 g/mol. The van der Waals surface area contributed by atoms with Gasteiger partial charge >= 0.3 is 6.03 Å². The number of pyridine rings is 1. The van der Waals surface area contributed by atoms with E-state index in [0.29, 0.717) is 22.1 Å². The van der Waals surface area contributed by atoms with Gasteiger partial charge in [-0.05, 0) is 36.8 Å². The van der Waals surface area contributed by atoms with E-state index >= 15 is 0 Å². The number of urea groups is 1. The van der Waals surface area contributed by atoms with Crippen molar-refractivity contribution in [2.75, 3.05) is 19.4 Å². The molecule has 2 heterocycles. The Balaban J connectivity index is 1.66. The molecule has 1 atom stereocenters. The summed E-state index contributed by atoms with van der Waals surface area (Å²) in [4.78, 5) is 47.7. The average molecular weight is 388 g/mol. The number of rotatable bonds is 3. The predicted octanol–water partition coefficient (Wildman–Crippen LogP) is 2.79. The third-order valence-electron chi connectivity index (χ3n) is 5.10. The lowest BCUT2D eigenvalue weighted by Gasteiger charge is -2.28. The van der Waals surface area contributed by atoms with E-state index in [1.165, 1.54) is 17.2 Å². The monoisotopic (exact) mass is 388 g/mol. The Hall–Kier alpha value is -2.68. The molecule has 1 fully saturated rings. The van der Waals surface area contributed by atoms with Crippen LogP contribution in [-0.2, 0) is 6.42 Å². The molecule has 1 saturated carbocycles. The molecule has 0 saturated heterocycles. The molecule has 1 unspecified atom stereocenters. The summed E-state index contributed by atoms with van der Waals surface area (Å²) in [5, 5.41) is 3.00. The molecule has 2 amide bonds. The highest BCUT2D eigenvalue weighted by Crippen LogP contribution is 2.59. The van der Waals surface area contributed by atoms with E-state index in [-0.39, 0.29) is 23.2 Å². The summed E-state index contributed by atoms with van der Waals surface area (Å²) in [7, 11) is 3.22. The summed E-state index contributed by atoms with van der Waals surface area (Å²) in [5.41, 5.74) is 0.444. The minimum atomic E-state index is -0.810. The Morgan fingerprint density at radius 2 is 2.07 bits per heavy atom. The van der Waals surface area contributed by atoms with Gasteiger partial charge in [-0.25, -0.2) is 14.8 Å². The van der Waals surface area contributed by atoms with Gasteiger partial charge in [0.2, 0.25) is 5.95 Å². The summed E-state index contributed by atoms with van der Waals surface area (Å²) < 4.78 is 13.1. The van der Waals surface area contributed by atoms with Gasteiger partial charge in [-0.1, -0.05) is 11.3 Å². The highest BCUT2D eigenvalue weighted by atomic mass is 32.1. The topological polar surface area (TPSA) is 92.3 Å². The molecule has 4 rings (SSSR count). The van der Waals surface area contributed by atoms with E-state index in [1.54, 1.807) is 14.1 Å². The lowest BCUT2D eigenvalue weighted by Crippen LogP contribution is -2.38. The van der Waals surface area contributed by atoms with Gasteiger partial charge < -0.3 is 4.90 Å². The van der Waals surface area contributed by atoms with Crippen LogP contribution in [0.4, 0.5) is 14.3 Å². The number of hydrogen-bond donors (Lipinski definition) is 1. The van der Waals surface area contributed by atoms with Crippen LogP contribution in [0.2, 0.25) is 0 Å². The van der Waals surface area contributed by atoms with Gasteiger partial charge in [0.15, 0.2) is 16.7 Å². The number of thiazole rings is 1. The molecule has 27 heavy (non-hydrogen) atoms. The van der Waals surface area contributed by atoms with E-state index < -0.39 is 17.3 Å². The van der Waals surface area contributed by atoms with Gasteiger partial charge in [0.05, 0.1) is 16.5 Å². The number of ketones is 2. The summed E-state index contributed by atoms with van der Waals surface area (Å²) in [6.07, 6.45) is 3.22. The number of hydrogen-bond acceptors (Lipinski definition) is 6. The first-order valence-corrected chi connectivity index (χ1v) is 9.30. The quantitative estimate of drug-likeness (QED) is 0.496. The van der Waals surface area contributed by atoms with Crippen molar-refractivity contribution in [2.24, 2.45) is 11.3 Å². The lowest BCUT2D eigenvalue weighted by atomic mass is 9.73. The van der Waals surface area contributed by atoms with Crippen molar-refractivity contribution < 1.29 is 18.8 Å². The number of Topliss-reactive ketones (excluding diaryl/α,β-unsaturated/α-hetero) is 2. The van der Waals surface area contributed by atoms with Crippen LogP contribution >= 0.6 is 11.3 Å². The van der Waals surface area contributed by atoms with Crippen molar-refractivity contribution in [1.29, 1.82) is 0 Å². The molecule has 0 bridgehead atoms. The first-order valence-electron chi connectivity index (χ1n) is 8.49. The fourth-order valence-electron chi connectivity index (χ4n) is 3.48. The van der Waals surface area contributed by atoms with Crippen molar-refractivity contribution >= 4 is 34.1 Å². The Kier molecular flexibility index (Phi) is 4.06. The van der Waals surface area contributed by atoms with Crippen LogP contribution in [0.5, 0.6) is 0 Å². The molecule has 1 N–H and O–H groups in total. The van der Waals surface area contributed by atoms with E-state index in [0.717, 1.165) is 30.2 Å². The number of aromatic nitrogens is 2. The van der Waals surface area contributed by atoms with Gasteiger partial charge in [-0.2, -0.15) is 4.39 Å². The minimum absolute atomic E-state index is 0.232. The minimum Gasteiger partial charge on any atom is -0.331 e. The van der Waals surface area contributed by atoms with E-state index in [2.05, 4.69) is 15.3 Å². The molecule has 0 aliphatic heterocycles. The van der Waals surface area contributed by atoms with Crippen LogP contribution in [-0.4, -0.2) is 46.6 Å². The van der Waals surface area contributed by atoms with E-state index in [4.69, 9.17) is 0 Å². The molecule has 2 aromatic heterocycles. The molecule has 7 nitrogen and oxygen atoms in total. The number of carbonyl (C=O) groups is 3. The van der Waals surface area contributed by atoms with Gasteiger partial charge in [-0.3, -0.25) is 14.9 Å². The first-order chi connectivity index (χ1) is 12.8. The van der Waals surface area contributed by atoms with Gasteiger partial charge in [0, 0.05) is 25.9 Å². The van der Waals surface area contributed by atoms with Gasteiger partial charge in [0.1, 0.15) is 0 Å². The fourth-order valence-corrected chi connectivity index (χ4v) is 4.42. The molecule has 0 aromatic carbocycles. The maximum atomic E-state index is 13.1. The zero-order valence-corrected chi connectivity index (χ0v) is 15.6. The Labute approximate surface area is 158 Å². The highest BCUT2D eigenvalue weighted by molar-refractivity contribution is 7.17. The number of nitrogens with zero attached hydrogens (tertiary/aromatic N) is 3. The molecule has 0 radical (unpaired) electrons. The zero-order chi connectivity index (χ0) is 19.3. The maximum Gasteiger partial charge on any atom is 0.323 e. The number of fused-ring (bicyclic) bond motifs is 1. The molecular formula is C18H17FN4O3S. The van der Waals surface area contributed by atoms with Crippen LogP contribution in [0.15, 0.2) is 18.3 Å². The molecule has 2 aliphatic rings. The van der Waals surface area contributed by atoms with Crippen molar-refractivity contribution in [2.45, 2.75) is 19.3 Å². The fraction of sp³-hybridized carbons (Fsp3) is 0.389. The third-order valence-corrected chi connectivity index (χ3v) is 6.13. The standard InChI is InChI=1S/C18H17FN4O3S/c1-23(2)17(26)22-16-21-10-7-18(5-6-18)12(14(25)15(10)27-16)13(24)9-3-4-11(19)20-8-9/h3-4,8,12H,5-7H2,1-2H3,(H,21,22,26). The maximum absolute atomic E-state index is 13.1. The van der Waals surface area contributed by atoms with Crippen molar-refractivity contribution in [3.05, 3.63) is 40.4 Å². The smallest absolute Gasteiger partial charge is 0.323 e. The molecule has 140 valence electrons. The summed E-state index contributed by atoms with van der Waals surface area (Å²) >= 11 is 1.09. The largest absolute Gasteiger partial charge is 0.331 e. The number of anilines is 1. The van der Waals surface area contributed by atoms with E-state index in [9.17, 15) is 18.8 Å². The highest BCUT2D eigenvalue weighted by Gasteiger charge is 2.59. The second kappa shape index (κ2) is 6.19. The van der Waals surface area contributed by atoms with Crippen LogP contribution in [0, 0.1) is 17.3 Å². The molecule has 9 heteroatoms. The van der Waals surface area contributed by atoms with Crippen LogP contribution in [0.1, 0.15) is 38.6 Å². The Morgan fingerprint density at radius 3 is 2.67 bits per heavy atom. The first kappa shape index (κ1) is 17.7. The molecule has 2 aromatic rings. The summed E-state index contributed by atoms with van der Waals surface area (Å²) in [6.45, 7) is 0. The number of halogens is 1. The number of carbonyl (C=O) groups excluding carboxylic acids is 3. The zero-order valence-electron chi connectivity index (χ0n) is 14.8. The van der Waals surface area contributed by atoms with E-state index in [1.807, 2.05) is 0 Å². The van der Waals surface area contributed by atoms with Crippen LogP contribution in [0.25, 0.3) is 0 Å². The van der Waals surface area contributed by atoms with Gasteiger partial charge in [-0.15, -0.1) is 0 Å². The van der Waals surface area contributed by atoms with Crippen molar-refractivity contribution in [3.63, 3.8) is 0 Å². The lowest BCUT2D eigenvalue weighted by molar-refractivity contribution is 0.0718. The Bertz CT molecular complexity index is 950. The summed E-state index contributed by atoms with van der Waals surface area (Å²) in [6, 6.07) is 2.14. The van der Waals surface area contributed by atoms with Crippen LogP contribution < -0.4 is 5.32 Å². The average Bonchev–Trinajstić information content (AvgIpc) is 3.25. The van der Waals surface area contributed by atoms with Crippen molar-refractivity contribution in [1.82, 2.24) is 14.9 Å². The normalized spacial score (nSPS) is 19.5. The van der Waals surface area contributed by atoms with Crippen LogP contribution in [0.3, 0.4) is 0 Å². The second-order valence-corrected chi connectivity index (χ2v) is 8.19. The number of nitrogens with one attached hydrogen (secondary N) is 1.